The average Bonchev–Trinajstić information content (AvgIpc) is 1.68. The first-order valence-corrected chi connectivity index (χ1v) is 10.0. The van der Waals surface area contributed by atoms with Crippen LogP contribution >= 0.6 is 19.4 Å². The van der Waals surface area contributed by atoms with E-state index in [0.717, 1.165) is 0 Å². The predicted molar refractivity (Wildman–Crippen MR) is 59.9 cm³/mol. The van der Waals surface area contributed by atoms with Gasteiger partial charge in [-0.1, -0.05) is 0 Å². The van der Waals surface area contributed by atoms with Gasteiger partial charge in [-0.2, -0.15) is 0 Å². The van der Waals surface area contributed by atoms with Crippen molar-refractivity contribution in [2.75, 3.05) is 14.1 Å². The van der Waals surface area contributed by atoms with Gasteiger partial charge in [0.2, 0.25) is 0 Å². The molecular formula is C6H18Cl2NOSiZn-3. The van der Waals surface area contributed by atoms with Crippen molar-refractivity contribution in [1.82, 2.24) is 4.90 Å². The summed E-state index contributed by atoms with van der Waals surface area (Å²) < 4.78 is 0. The molecule has 0 heterocycles. The molecule has 0 N–H and O–H groups in total. The summed E-state index contributed by atoms with van der Waals surface area (Å²) in [5, 5.41) is 0. The van der Waals surface area contributed by atoms with Crippen LogP contribution in [0.4, 0.5) is 0 Å². The fraction of sp³-hybridized carbons (Fsp3) is 0.333. The Morgan fingerprint density at radius 1 is 1.33 bits per heavy atom. The zero-order valence-electron chi connectivity index (χ0n) is 7.53. The van der Waals surface area contributed by atoms with E-state index >= 15 is 0 Å². The molecule has 6 heteroatoms. The second-order valence-corrected chi connectivity index (χ2v) is 6.01. The molecule has 0 aliphatic rings. The minimum Gasteiger partial charge on any atom is -0.0149 e. The largest absolute Gasteiger partial charge is 0.0149 e. The van der Waals surface area contributed by atoms with E-state index in [1.807, 2.05) is 0 Å². The molecule has 0 saturated heterocycles. The molecule has 0 spiro atoms. The van der Waals surface area contributed by atoms with Crippen molar-refractivity contribution in [2.45, 2.75) is 0 Å². The van der Waals surface area contributed by atoms with Crippen LogP contribution in [0.3, 0.4) is 0 Å². The molecule has 1 amide bonds. The van der Waals surface area contributed by atoms with Gasteiger partial charge in [-0.25, -0.2) is 0 Å². The maximum atomic E-state index is 9.96. The van der Waals surface area contributed by atoms with E-state index in [-0.39, 0.29) is 31.7 Å². The molecule has 0 aromatic rings. The summed E-state index contributed by atoms with van der Waals surface area (Å²) in [7, 11) is 13.2. The standard InChI is InChI=1S/C4H8NO.2CH3.2ClH.H4Si.Zn/c1-4(6)5(2)3;;;;;;/h1H2,2-3H3;2*1H3;2*1H;1H4;/q3*-1;;;;+2/p-2. The molecule has 0 atom stereocenters. The zero-order chi connectivity index (χ0) is 7.86. The number of carbonyl (C=O) groups is 1. The Hall–Kier alpha value is 0.760. The Labute approximate surface area is 96.7 Å². The van der Waals surface area contributed by atoms with E-state index in [4.69, 9.17) is 19.4 Å². The van der Waals surface area contributed by atoms with Crippen molar-refractivity contribution >= 4 is 36.3 Å². The van der Waals surface area contributed by atoms with E-state index in [2.05, 4.69) is 6.92 Å². The quantitative estimate of drug-likeness (QED) is 0.474. The first kappa shape index (κ1) is 29.3. The van der Waals surface area contributed by atoms with Crippen LogP contribution in [0.1, 0.15) is 0 Å². The molecule has 0 unspecified atom stereocenters. The molecule has 2 nitrogen and oxygen atoms in total. The number of amides is 1. The van der Waals surface area contributed by atoms with Crippen LogP contribution in [-0.4, -0.2) is 35.9 Å². The molecule has 0 radical (unpaired) electrons. The number of rotatable bonds is 0. The van der Waals surface area contributed by atoms with Gasteiger partial charge in [0.05, 0.1) is 5.91 Å². The molecular weight excluding hydrogens is 266 g/mol. The number of halogens is 2. The van der Waals surface area contributed by atoms with E-state index in [1.165, 1.54) is 4.90 Å². The van der Waals surface area contributed by atoms with Crippen LogP contribution in [0.15, 0.2) is 0 Å². The molecule has 12 heavy (non-hydrogen) atoms. The van der Waals surface area contributed by atoms with E-state index in [9.17, 15) is 4.79 Å². The van der Waals surface area contributed by atoms with Gasteiger partial charge in [0.15, 0.2) is 0 Å². The predicted octanol–water partition coefficient (Wildman–Crippen LogP) is 0.734. The van der Waals surface area contributed by atoms with Crippen molar-refractivity contribution in [3.8, 4) is 0 Å². The van der Waals surface area contributed by atoms with Crippen LogP contribution in [0, 0.1) is 21.8 Å². The fourth-order valence-corrected chi connectivity index (χ4v) is 0. The second kappa shape index (κ2) is 22.6. The third-order valence-corrected chi connectivity index (χ3v) is 0.499. The number of carbonyl (C=O) groups excluding carboxylic acids is 1. The average molecular weight is 285 g/mol. The Kier molecular flexibility index (Phi) is 55.2. The van der Waals surface area contributed by atoms with Crippen molar-refractivity contribution in [1.29, 1.82) is 0 Å². The van der Waals surface area contributed by atoms with Gasteiger partial charge in [0.1, 0.15) is 0 Å². The van der Waals surface area contributed by atoms with Gasteiger partial charge in [-0.05, 0) is 11.0 Å². The molecule has 76 valence electrons. The Balaban J connectivity index is -0.0000000246. The maximum absolute atomic E-state index is 9.96. The SMILES string of the molecule is [CH2-]C(=O)N(C)C.[CH3-].[CH3-].[Cl][Zn][Cl].[SiH4]. The van der Waals surface area contributed by atoms with Gasteiger partial charge >= 0.3 is 34.5 Å². The van der Waals surface area contributed by atoms with Gasteiger partial charge in [-0.3, -0.25) is 0 Å². The number of nitrogens with zero attached hydrogens (tertiary/aromatic N) is 1. The van der Waals surface area contributed by atoms with E-state index in [0.29, 0.717) is 0 Å². The smallest absolute Gasteiger partial charge is 0.0149 e. The minimum atomic E-state index is -0.931. The number of hydrogen-bond acceptors (Lipinski definition) is 1. The summed E-state index contributed by atoms with van der Waals surface area (Å²) in [6.07, 6.45) is 0. The van der Waals surface area contributed by atoms with Crippen molar-refractivity contribution < 1.29 is 19.9 Å². The van der Waals surface area contributed by atoms with Crippen molar-refractivity contribution in [3.63, 3.8) is 0 Å². The number of hydrogen-bond donors (Lipinski definition) is 0. The summed E-state index contributed by atoms with van der Waals surface area (Å²) in [6, 6.07) is 0. The first-order valence-electron chi connectivity index (χ1n) is 2.21. The monoisotopic (exact) mass is 282 g/mol. The third kappa shape index (κ3) is 45.2. The fourth-order valence-electron chi connectivity index (χ4n) is 0. The van der Waals surface area contributed by atoms with Gasteiger partial charge in [0.25, 0.3) is 0 Å². The molecule has 0 bridgehead atoms. The minimum absolute atomic E-state index is 0. The Bertz CT molecular complexity index is 85.9. The van der Waals surface area contributed by atoms with Gasteiger partial charge in [0, 0.05) is 14.1 Å². The maximum Gasteiger partial charge on any atom is -0.0149 e. The van der Waals surface area contributed by atoms with Crippen LogP contribution in [-0.2, 0) is 19.9 Å². The molecule has 0 aromatic carbocycles. The molecule has 0 aromatic heterocycles. The second-order valence-electron chi connectivity index (χ2n) is 1.39. The Morgan fingerprint density at radius 2 is 1.42 bits per heavy atom. The summed E-state index contributed by atoms with van der Waals surface area (Å²) in [4.78, 5) is 11.4. The first-order chi connectivity index (χ1) is 4.06. The topological polar surface area (TPSA) is 20.3 Å². The zero-order valence-corrected chi connectivity index (χ0v) is 12.0. The molecule has 0 aliphatic carbocycles. The third-order valence-electron chi connectivity index (χ3n) is 0.499. The van der Waals surface area contributed by atoms with Gasteiger partial charge < -0.3 is 31.5 Å². The van der Waals surface area contributed by atoms with E-state index < -0.39 is 15.1 Å². The van der Waals surface area contributed by atoms with Crippen molar-refractivity contribution in [2.24, 2.45) is 0 Å². The molecule has 0 saturated carbocycles. The van der Waals surface area contributed by atoms with Crippen LogP contribution in [0.25, 0.3) is 0 Å². The Morgan fingerprint density at radius 3 is 1.42 bits per heavy atom. The summed E-state index contributed by atoms with van der Waals surface area (Å²) in [5.74, 6) is -0.157. The van der Waals surface area contributed by atoms with Crippen molar-refractivity contribution in [3.05, 3.63) is 21.8 Å². The normalized spacial score (nSPS) is 4.67. The van der Waals surface area contributed by atoms with Crippen LogP contribution in [0.5, 0.6) is 0 Å². The summed E-state index contributed by atoms with van der Waals surface area (Å²) in [6.45, 7) is 3.12. The van der Waals surface area contributed by atoms with Crippen LogP contribution in [0.2, 0.25) is 0 Å². The summed E-state index contributed by atoms with van der Waals surface area (Å²) >= 11 is -0.931. The van der Waals surface area contributed by atoms with Crippen LogP contribution < -0.4 is 0 Å². The van der Waals surface area contributed by atoms with E-state index in [1.54, 1.807) is 14.1 Å². The van der Waals surface area contributed by atoms with Gasteiger partial charge in [-0.15, -0.1) is 0 Å². The molecule has 0 rings (SSSR count). The summed E-state index contributed by atoms with van der Waals surface area (Å²) in [5.41, 5.74) is 0. The molecule has 0 aliphatic heterocycles. The molecule has 0 fully saturated rings.